The van der Waals surface area contributed by atoms with Crippen molar-refractivity contribution in [1.29, 1.82) is 0 Å². The maximum absolute atomic E-state index is 2.36. The highest BCUT2D eigenvalue weighted by Crippen LogP contribution is 2.06. The van der Waals surface area contributed by atoms with Gasteiger partial charge in [-0.05, 0) is 32.6 Å². The molecular formula is C12H22. The van der Waals surface area contributed by atoms with Crippen LogP contribution in [-0.4, -0.2) is 0 Å². The van der Waals surface area contributed by atoms with Crippen molar-refractivity contribution in [3.05, 3.63) is 23.8 Å². The van der Waals surface area contributed by atoms with Crippen LogP contribution >= 0.6 is 0 Å². The lowest BCUT2D eigenvalue weighted by molar-refractivity contribution is 0.909. The van der Waals surface area contributed by atoms with E-state index in [2.05, 4.69) is 39.0 Å². The minimum atomic E-state index is 1.16. The molecule has 12 heavy (non-hydrogen) atoms. The van der Waals surface area contributed by atoms with Crippen LogP contribution in [0.25, 0.3) is 0 Å². The predicted molar refractivity (Wildman–Crippen MR) is 57.3 cm³/mol. The van der Waals surface area contributed by atoms with E-state index in [-0.39, 0.29) is 0 Å². The lowest BCUT2D eigenvalue weighted by atomic mass is 10.1. The molecule has 0 saturated carbocycles. The first-order valence-electron chi connectivity index (χ1n) is 5.11. The van der Waals surface area contributed by atoms with E-state index < -0.39 is 0 Å². The van der Waals surface area contributed by atoms with Crippen LogP contribution in [0.1, 0.15) is 52.9 Å². The molecule has 0 spiro atoms. The summed E-state index contributed by atoms with van der Waals surface area (Å²) in [5.74, 6) is 0. The fourth-order valence-electron chi connectivity index (χ4n) is 1.09. The molecular weight excluding hydrogens is 144 g/mol. The summed E-state index contributed by atoms with van der Waals surface area (Å²) in [5, 5.41) is 0. The first-order chi connectivity index (χ1) is 5.81. The minimum Gasteiger partial charge on any atom is -0.0888 e. The summed E-state index contributed by atoms with van der Waals surface area (Å²) in [6.45, 7) is 6.63. The van der Waals surface area contributed by atoms with Crippen LogP contribution in [0.3, 0.4) is 0 Å². The van der Waals surface area contributed by atoms with E-state index in [1.165, 1.54) is 31.3 Å². The molecule has 0 aromatic heterocycles. The predicted octanol–water partition coefficient (Wildman–Crippen LogP) is 4.48. The van der Waals surface area contributed by atoms with Crippen molar-refractivity contribution in [2.24, 2.45) is 0 Å². The van der Waals surface area contributed by atoms with Crippen LogP contribution in [0.5, 0.6) is 0 Å². The van der Waals surface area contributed by atoms with Crippen molar-refractivity contribution in [2.45, 2.75) is 52.9 Å². The minimum absolute atomic E-state index is 1.16. The van der Waals surface area contributed by atoms with Crippen molar-refractivity contribution in [2.75, 3.05) is 0 Å². The molecule has 0 nitrogen and oxygen atoms in total. The average molecular weight is 166 g/mol. The standard InChI is InChI=1S/C12H22/c1-4-6-8-9-11-12(3)10-7-5-2/h6,8,10H,4-5,7,9,11H2,1-3H3. The van der Waals surface area contributed by atoms with Gasteiger partial charge >= 0.3 is 0 Å². The van der Waals surface area contributed by atoms with Crippen LogP contribution in [0.2, 0.25) is 0 Å². The van der Waals surface area contributed by atoms with Crippen molar-refractivity contribution < 1.29 is 0 Å². The number of rotatable bonds is 6. The third-order valence-electron chi connectivity index (χ3n) is 1.89. The van der Waals surface area contributed by atoms with E-state index >= 15 is 0 Å². The summed E-state index contributed by atoms with van der Waals surface area (Å²) in [7, 11) is 0. The van der Waals surface area contributed by atoms with E-state index in [1.54, 1.807) is 0 Å². The number of hydrogen-bond acceptors (Lipinski definition) is 0. The van der Waals surface area contributed by atoms with Gasteiger partial charge < -0.3 is 0 Å². The van der Waals surface area contributed by atoms with E-state index in [4.69, 9.17) is 0 Å². The van der Waals surface area contributed by atoms with Gasteiger partial charge in [0.05, 0.1) is 0 Å². The third kappa shape index (κ3) is 7.59. The lowest BCUT2D eigenvalue weighted by Gasteiger charge is -1.96. The zero-order valence-electron chi connectivity index (χ0n) is 8.77. The van der Waals surface area contributed by atoms with Crippen LogP contribution in [0.15, 0.2) is 23.8 Å². The van der Waals surface area contributed by atoms with Gasteiger partial charge in [0.25, 0.3) is 0 Å². The second-order valence-corrected chi connectivity index (χ2v) is 3.26. The van der Waals surface area contributed by atoms with Gasteiger partial charge in [-0.3, -0.25) is 0 Å². The largest absolute Gasteiger partial charge is 0.0888 e. The van der Waals surface area contributed by atoms with E-state index in [0.29, 0.717) is 0 Å². The molecule has 0 radical (unpaired) electrons. The van der Waals surface area contributed by atoms with E-state index in [9.17, 15) is 0 Å². The molecule has 0 atom stereocenters. The monoisotopic (exact) mass is 166 g/mol. The van der Waals surface area contributed by atoms with Gasteiger partial charge in [-0.25, -0.2) is 0 Å². The molecule has 0 N–H and O–H groups in total. The number of allylic oxidation sites excluding steroid dienone is 4. The van der Waals surface area contributed by atoms with Crippen LogP contribution in [0.4, 0.5) is 0 Å². The molecule has 0 bridgehead atoms. The summed E-state index contributed by atoms with van der Waals surface area (Å²) in [4.78, 5) is 0. The molecule has 0 heterocycles. The quantitative estimate of drug-likeness (QED) is 0.510. The third-order valence-corrected chi connectivity index (χ3v) is 1.89. The molecule has 0 aliphatic carbocycles. The van der Waals surface area contributed by atoms with Gasteiger partial charge in [0.2, 0.25) is 0 Å². The first kappa shape index (κ1) is 11.5. The Morgan fingerprint density at radius 3 is 2.42 bits per heavy atom. The van der Waals surface area contributed by atoms with Crippen molar-refractivity contribution in [3.8, 4) is 0 Å². The molecule has 0 aromatic rings. The Hall–Kier alpha value is -0.520. The lowest BCUT2D eigenvalue weighted by Crippen LogP contribution is -1.76. The Bertz CT molecular complexity index is 140. The Morgan fingerprint density at radius 1 is 1.08 bits per heavy atom. The molecule has 70 valence electrons. The molecule has 0 amide bonds. The van der Waals surface area contributed by atoms with Gasteiger partial charge in [-0.2, -0.15) is 0 Å². The maximum atomic E-state index is 2.36. The Labute approximate surface area is 77.4 Å². The second-order valence-electron chi connectivity index (χ2n) is 3.26. The topological polar surface area (TPSA) is 0 Å². The molecule has 0 saturated heterocycles. The molecule has 0 unspecified atom stereocenters. The smallest absolute Gasteiger partial charge is 0.0288 e. The van der Waals surface area contributed by atoms with Crippen LogP contribution < -0.4 is 0 Å². The fraction of sp³-hybridized carbons (Fsp3) is 0.667. The van der Waals surface area contributed by atoms with Gasteiger partial charge in [-0.1, -0.05) is 44.1 Å². The number of unbranched alkanes of at least 4 members (excludes halogenated alkanes) is 1. The average Bonchev–Trinajstić information content (AvgIpc) is 2.09. The fourth-order valence-corrected chi connectivity index (χ4v) is 1.09. The molecule has 0 aromatic carbocycles. The summed E-state index contributed by atoms with van der Waals surface area (Å²) in [6.07, 6.45) is 13.0. The highest BCUT2D eigenvalue weighted by molar-refractivity contribution is 4.99. The van der Waals surface area contributed by atoms with Gasteiger partial charge in [0, 0.05) is 0 Å². The van der Waals surface area contributed by atoms with Gasteiger partial charge in [0.15, 0.2) is 0 Å². The highest BCUT2D eigenvalue weighted by Gasteiger charge is 1.86. The molecule has 0 aliphatic rings. The summed E-state index contributed by atoms with van der Waals surface area (Å²) >= 11 is 0. The maximum Gasteiger partial charge on any atom is -0.0288 e. The van der Waals surface area contributed by atoms with Gasteiger partial charge in [-0.15, -0.1) is 0 Å². The normalized spacial score (nSPS) is 12.8. The van der Waals surface area contributed by atoms with Crippen LogP contribution in [0, 0.1) is 0 Å². The zero-order valence-corrected chi connectivity index (χ0v) is 8.77. The Kier molecular flexibility index (Phi) is 8.20. The van der Waals surface area contributed by atoms with Crippen molar-refractivity contribution >= 4 is 0 Å². The molecule has 0 heteroatoms. The summed E-state index contributed by atoms with van der Waals surface area (Å²) in [6, 6.07) is 0. The SMILES string of the molecule is CCC=CCCC(C)=CCCC. The Balaban J connectivity index is 3.42. The second kappa shape index (κ2) is 8.58. The van der Waals surface area contributed by atoms with Crippen LogP contribution in [-0.2, 0) is 0 Å². The zero-order chi connectivity index (χ0) is 9.23. The molecule has 0 rings (SSSR count). The summed E-state index contributed by atoms with van der Waals surface area (Å²) < 4.78 is 0. The van der Waals surface area contributed by atoms with Crippen molar-refractivity contribution in [3.63, 3.8) is 0 Å². The van der Waals surface area contributed by atoms with E-state index in [1.807, 2.05) is 0 Å². The van der Waals surface area contributed by atoms with E-state index in [0.717, 1.165) is 6.42 Å². The highest BCUT2D eigenvalue weighted by atomic mass is 13.9. The molecule has 0 aliphatic heterocycles. The Morgan fingerprint density at radius 2 is 1.83 bits per heavy atom. The molecule has 0 fully saturated rings. The summed E-state index contributed by atoms with van der Waals surface area (Å²) in [5.41, 5.74) is 1.54. The van der Waals surface area contributed by atoms with Crippen molar-refractivity contribution in [1.82, 2.24) is 0 Å². The van der Waals surface area contributed by atoms with Gasteiger partial charge in [0.1, 0.15) is 0 Å². The number of hydrogen-bond donors (Lipinski definition) is 0. The first-order valence-corrected chi connectivity index (χ1v) is 5.11.